The Hall–Kier alpha value is -3.55. The summed E-state index contributed by atoms with van der Waals surface area (Å²) in [7, 11) is 0. The number of fused-ring (bicyclic) bond motifs is 1. The van der Waals surface area contributed by atoms with Crippen LogP contribution >= 0.6 is 0 Å². The number of hydrogen-bond acceptors (Lipinski definition) is 3. The Balaban J connectivity index is 1.49. The van der Waals surface area contributed by atoms with Crippen LogP contribution in [0.5, 0.6) is 0 Å². The number of amides is 1. The van der Waals surface area contributed by atoms with E-state index in [9.17, 15) is 9.59 Å². The van der Waals surface area contributed by atoms with E-state index in [0.717, 1.165) is 22.3 Å². The van der Waals surface area contributed by atoms with Crippen LogP contribution in [0.25, 0.3) is 11.0 Å². The summed E-state index contributed by atoms with van der Waals surface area (Å²) < 4.78 is 1.88. The van der Waals surface area contributed by atoms with E-state index in [-0.39, 0.29) is 17.6 Å². The first kappa shape index (κ1) is 15.9. The molecule has 0 fully saturated rings. The van der Waals surface area contributed by atoms with Gasteiger partial charge >= 0.3 is 5.69 Å². The van der Waals surface area contributed by atoms with Gasteiger partial charge in [0, 0.05) is 37.3 Å². The third kappa shape index (κ3) is 3.30. The molecule has 1 atom stereocenters. The Morgan fingerprint density at radius 1 is 1.19 bits per heavy atom. The molecule has 8 heteroatoms. The zero-order valence-electron chi connectivity index (χ0n) is 13.9. The Bertz CT molecular complexity index is 1060. The fourth-order valence-electron chi connectivity index (χ4n) is 2.99. The van der Waals surface area contributed by atoms with Crippen LogP contribution in [-0.2, 0) is 17.8 Å². The number of carbonyl (C=O) groups excluding carboxylic acids is 1. The van der Waals surface area contributed by atoms with Gasteiger partial charge in [-0.1, -0.05) is 6.07 Å². The first-order valence-corrected chi connectivity index (χ1v) is 8.27. The molecule has 1 aromatic carbocycles. The van der Waals surface area contributed by atoms with Crippen LogP contribution in [-0.4, -0.2) is 30.4 Å². The Labute approximate surface area is 148 Å². The monoisotopic (exact) mass is 350 g/mol. The SMILES string of the molecule is O=C(NCc1ccc2[nH]c(=O)[nH]c2c1)C(Cc1cnc[nH]1)n1cccc1. The third-order valence-electron chi connectivity index (χ3n) is 4.31. The van der Waals surface area contributed by atoms with Gasteiger partial charge in [-0.15, -0.1) is 0 Å². The van der Waals surface area contributed by atoms with Crippen molar-refractivity contribution in [1.82, 2.24) is 29.8 Å². The molecule has 0 bridgehead atoms. The van der Waals surface area contributed by atoms with Crippen molar-refractivity contribution in [2.75, 3.05) is 0 Å². The van der Waals surface area contributed by atoms with Gasteiger partial charge in [0.05, 0.1) is 17.4 Å². The van der Waals surface area contributed by atoms with Gasteiger partial charge < -0.3 is 24.8 Å². The molecule has 0 radical (unpaired) electrons. The Kier molecular flexibility index (Phi) is 4.14. The summed E-state index contributed by atoms with van der Waals surface area (Å²) in [5.74, 6) is -0.0848. The highest BCUT2D eigenvalue weighted by Gasteiger charge is 2.20. The second-order valence-electron chi connectivity index (χ2n) is 6.10. The van der Waals surface area contributed by atoms with Crippen molar-refractivity contribution in [3.8, 4) is 0 Å². The van der Waals surface area contributed by atoms with E-state index in [4.69, 9.17) is 0 Å². The molecule has 4 aromatic rings. The van der Waals surface area contributed by atoms with Gasteiger partial charge in [0.25, 0.3) is 0 Å². The quantitative estimate of drug-likeness (QED) is 0.422. The van der Waals surface area contributed by atoms with Gasteiger partial charge in [-0.2, -0.15) is 0 Å². The van der Waals surface area contributed by atoms with Crippen molar-refractivity contribution in [1.29, 1.82) is 0 Å². The summed E-state index contributed by atoms with van der Waals surface area (Å²) in [5.41, 5.74) is 3.03. The molecule has 26 heavy (non-hydrogen) atoms. The molecule has 0 saturated carbocycles. The molecule has 0 saturated heterocycles. The molecule has 0 aliphatic heterocycles. The minimum absolute atomic E-state index is 0.0848. The average molecular weight is 350 g/mol. The third-order valence-corrected chi connectivity index (χ3v) is 4.31. The van der Waals surface area contributed by atoms with Crippen molar-refractivity contribution in [2.45, 2.75) is 19.0 Å². The molecule has 8 nitrogen and oxygen atoms in total. The van der Waals surface area contributed by atoms with E-state index in [2.05, 4.69) is 25.3 Å². The predicted molar refractivity (Wildman–Crippen MR) is 96.5 cm³/mol. The maximum atomic E-state index is 12.8. The van der Waals surface area contributed by atoms with Crippen LogP contribution in [0.3, 0.4) is 0 Å². The van der Waals surface area contributed by atoms with E-state index >= 15 is 0 Å². The molecule has 4 N–H and O–H groups in total. The lowest BCUT2D eigenvalue weighted by Gasteiger charge is -2.18. The average Bonchev–Trinajstić information content (AvgIpc) is 3.37. The number of nitrogens with one attached hydrogen (secondary N) is 4. The van der Waals surface area contributed by atoms with Crippen molar-refractivity contribution >= 4 is 16.9 Å². The minimum atomic E-state index is -0.374. The molecule has 0 aliphatic rings. The zero-order chi connectivity index (χ0) is 17.9. The molecule has 132 valence electrons. The van der Waals surface area contributed by atoms with E-state index in [1.807, 2.05) is 47.3 Å². The van der Waals surface area contributed by atoms with Crippen molar-refractivity contribution in [2.24, 2.45) is 0 Å². The normalized spacial score (nSPS) is 12.3. The summed E-state index contributed by atoms with van der Waals surface area (Å²) in [6, 6.07) is 8.97. The maximum Gasteiger partial charge on any atom is 0.323 e. The summed E-state index contributed by atoms with van der Waals surface area (Å²) in [6.45, 7) is 0.378. The molecule has 0 aliphatic carbocycles. The summed E-state index contributed by atoms with van der Waals surface area (Å²) >= 11 is 0. The topological polar surface area (TPSA) is 111 Å². The van der Waals surface area contributed by atoms with Gasteiger partial charge in [0.1, 0.15) is 6.04 Å². The van der Waals surface area contributed by atoms with Crippen molar-refractivity contribution < 1.29 is 4.79 Å². The van der Waals surface area contributed by atoms with Gasteiger partial charge in [-0.25, -0.2) is 9.78 Å². The molecule has 1 unspecified atom stereocenters. The second kappa shape index (κ2) is 6.75. The molecule has 1 amide bonds. The zero-order valence-corrected chi connectivity index (χ0v) is 13.9. The fourth-order valence-corrected chi connectivity index (χ4v) is 2.99. The largest absolute Gasteiger partial charge is 0.350 e. The van der Waals surface area contributed by atoms with Gasteiger partial charge in [0.2, 0.25) is 5.91 Å². The lowest BCUT2D eigenvalue weighted by molar-refractivity contribution is -0.124. The van der Waals surface area contributed by atoms with Gasteiger partial charge in [-0.05, 0) is 29.8 Å². The number of hydrogen-bond donors (Lipinski definition) is 4. The predicted octanol–water partition coefficient (Wildman–Crippen LogP) is 1.48. The first-order chi connectivity index (χ1) is 12.7. The standard InChI is InChI=1S/C18H18N6O2/c25-17(16(24-5-1-2-6-24)8-13-10-19-11-21-13)20-9-12-3-4-14-15(7-12)23-18(26)22-14/h1-7,10-11,16H,8-9H2,(H,19,21)(H,20,25)(H2,22,23,26). The van der Waals surface area contributed by atoms with E-state index in [0.29, 0.717) is 13.0 Å². The lowest BCUT2D eigenvalue weighted by Crippen LogP contribution is -2.33. The van der Waals surface area contributed by atoms with Gasteiger partial charge in [0.15, 0.2) is 0 Å². The smallest absolute Gasteiger partial charge is 0.323 e. The van der Waals surface area contributed by atoms with Gasteiger partial charge in [-0.3, -0.25) is 4.79 Å². The van der Waals surface area contributed by atoms with Crippen LogP contribution in [0.1, 0.15) is 17.3 Å². The summed E-state index contributed by atoms with van der Waals surface area (Å²) in [4.78, 5) is 36.6. The van der Waals surface area contributed by atoms with Crippen molar-refractivity contribution in [3.63, 3.8) is 0 Å². The second-order valence-corrected chi connectivity index (χ2v) is 6.10. The van der Waals surface area contributed by atoms with Crippen LogP contribution in [0.15, 0.2) is 60.0 Å². The Morgan fingerprint density at radius 2 is 2.00 bits per heavy atom. The van der Waals surface area contributed by atoms with Crippen LogP contribution < -0.4 is 11.0 Å². The number of aromatic nitrogens is 5. The van der Waals surface area contributed by atoms with Crippen LogP contribution in [0.4, 0.5) is 0 Å². The number of aromatic amines is 3. The number of nitrogens with zero attached hydrogens (tertiary/aromatic N) is 2. The molecule has 3 aromatic heterocycles. The molecular weight excluding hydrogens is 332 g/mol. The first-order valence-electron chi connectivity index (χ1n) is 8.27. The van der Waals surface area contributed by atoms with E-state index in [1.54, 1.807) is 12.5 Å². The Morgan fingerprint density at radius 3 is 2.77 bits per heavy atom. The van der Waals surface area contributed by atoms with Crippen molar-refractivity contribution in [3.05, 3.63) is 77.0 Å². The minimum Gasteiger partial charge on any atom is -0.350 e. The van der Waals surface area contributed by atoms with E-state index < -0.39 is 0 Å². The number of H-pyrrole nitrogens is 3. The van der Waals surface area contributed by atoms with E-state index in [1.165, 1.54) is 0 Å². The number of benzene rings is 1. The molecule has 4 rings (SSSR count). The summed E-state index contributed by atoms with van der Waals surface area (Å²) in [5, 5.41) is 2.97. The number of carbonyl (C=O) groups is 1. The number of rotatable bonds is 6. The highest BCUT2D eigenvalue weighted by Crippen LogP contribution is 2.15. The summed E-state index contributed by atoms with van der Waals surface area (Å²) in [6.07, 6.45) is 7.59. The van der Waals surface area contributed by atoms with Crippen LogP contribution in [0.2, 0.25) is 0 Å². The molecule has 3 heterocycles. The highest BCUT2D eigenvalue weighted by atomic mass is 16.2. The molecule has 0 spiro atoms. The fraction of sp³-hybridized carbons (Fsp3) is 0.167. The molecular formula is C18H18N6O2. The lowest BCUT2D eigenvalue weighted by atomic mass is 10.1. The highest BCUT2D eigenvalue weighted by molar-refractivity contribution is 5.81. The van der Waals surface area contributed by atoms with Crippen LogP contribution in [0, 0.1) is 0 Å². The number of imidazole rings is 2. The maximum absolute atomic E-state index is 12.8.